The predicted octanol–water partition coefficient (Wildman–Crippen LogP) is 5.31. The van der Waals surface area contributed by atoms with E-state index in [1.54, 1.807) is 0 Å². The first-order chi connectivity index (χ1) is 13.2. The van der Waals surface area contributed by atoms with E-state index in [0.29, 0.717) is 6.54 Å². The average Bonchev–Trinajstić information content (AvgIpc) is 3.23. The number of benzene rings is 2. The Balaban J connectivity index is 1.58. The van der Waals surface area contributed by atoms with Crippen LogP contribution in [-0.2, 0) is 19.4 Å². The summed E-state index contributed by atoms with van der Waals surface area (Å²) in [5.74, 6) is 0.771. The van der Waals surface area contributed by atoms with Crippen LogP contribution in [0.25, 0.3) is 27.3 Å². The Hall–Kier alpha value is -2.43. The van der Waals surface area contributed by atoms with Crippen molar-refractivity contribution in [1.82, 2.24) is 9.38 Å². The molecule has 0 amide bonds. The number of fused-ring (bicyclic) bond motifs is 3. The maximum atomic E-state index is 6.18. The van der Waals surface area contributed by atoms with Crippen LogP contribution in [0, 0.1) is 5.92 Å². The van der Waals surface area contributed by atoms with E-state index in [-0.39, 0.29) is 0 Å². The van der Waals surface area contributed by atoms with Crippen molar-refractivity contribution in [3.8, 4) is 22.4 Å². The van der Waals surface area contributed by atoms with Crippen LogP contribution in [-0.4, -0.2) is 9.38 Å². The number of nitrogens with zero attached hydrogens (tertiary/aromatic N) is 2. The Labute approximate surface area is 163 Å². The van der Waals surface area contributed by atoms with Gasteiger partial charge in [0.15, 0.2) is 4.96 Å². The van der Waals surface area contributed by atoms with Crippen molar-refractivity contribution >= 4 is 16.3 Å². The maximum absolute atomic E-state index is 6.18. The molecule has 1 atom stereocenters. The largest absolute Gasteiger partial charge is 0.325 e. The molecule has 1 aliphatic rings. The molecule has 0 aliphatic heterocycles. The molecule has 3 nitrogen and oxygen atoms in total. The maximum Gasteiger partial charge on any atom is 0.194 e. The van der Waals surface area contributed by atoms with E-state index in [1.807, 2.05) is 17.4 Å². The molecule has 2 aromatic carbocycles. The summed E-state index contributed by atoms with van der Waals surface area (Å²) >= 11 is 1.84. The first kappa shape index (κ1) is 16.7. The van der Waals surface area contributed by atoms with Crippen molar-refractivity contribution in [2.24, 2.45) is 11.7 Å². The fourth-order valence-corrected chi connectivity index (χ4v) is 5.50. The molecule has 0 saturated heterocycles. The van der Waals surface area contributed by atoms with Crippen LogP contribution in [0.15, 0.2) is 54.6 Å². The zero-order valence-corrected chi connectivity index (χ0v) is 16.3. The Morgan fingerprint density at radius 3 is 2.48 bits per heavy atom. The fourth-order valence-electron chi connectivity index (χ4n) is 4.15. The van der Waals surface area contributed by atoms with Gasteiger partial charge in [0.05, 0.1) is 11.4 Å². The van der Waals surface area contributed by atoms with Crippen LogP contribution in [0.3, 0.4) is 0 Å². The van der Waals surface area contributed by atoms with Crippen LogP contribution < -0.4 is 5.73 Å². The molecular formula is C23H23N3S. The lowest BCUT2D eigenvalue weighted by Crippen LogP contribution is -2.13. The van der Waals surface area contributed by atoms with Crippen molar-refractivity contribution in [2.45, 2.75) is 32.7 Å². The minimum Gasteiger partial charge on any atom is -0.325 e. The molecule has 2 N–H and O–H groups in total. The average molecular weight is 374 g/mol. The zero-order chi connectivity index (χ0) is 18.4. The minimum atomic E-state index is 0.510. The predicted molar refractivity (Wildman–Crippen MR) is 113 cm³/mol. The van der Waals surface area contributed by atoms with Crippen LogP contribution in [0.5, 0.6) is 0 Å². The molecule has 4 aromatic rings. The van der Waals surface area contributed by atoms with E-state index in [2.05, 4.69) is 59.9 Å². The third kappa shape index (κ3) is 2.80. The monoisotopic (exact) mass is 373 g/mol. The summed E-state index contributed by atoms with van der Waals surface area (Å²) < 4.78 is 2.34. The molecule has 0 spiro atoms. The highest BCUT2D eigenvalue weighted by molar-refractivity contribution is 7.17. The van der Waals surface area contributed by atoms with Crippen molar-refractivity contribution in [2.75, 3.05) is 0 Å². The van der Waals surface area contributed by atoms with Gasteiger partial charge in [-0.15, -0.1) is 11.3 Å². The van der Waals surface area contributed by atoms with E-state index >= 15 is 0 Å². The smallest absolute Gasteiger partial charge is 0.194 e. The van der Waals surface area contributed by atoms with Gasteiger partial charge in [-0.3, -0.25) is 4.40 Å². The lowest BCUT2D eigenvalue weighted by atomic mass is 9.93. The van der Waals surface area contributed by atoms with Crippen molar-refractivity contribution < 1.29 is 0 Å². The Morgan fingerprint density at radius 1 is 1.04 bits per heavy atom. The molecule has 0 fully saturated rings. The molecule has 27 heavy (non-hydrogen) atoms. The van der Waals surface area contributed by atoms with Gasteiger partial charge in [-0.1, -0.05) is 61.5 Å². The van der Waals surface area contributed by atoms with Crippen LogP contribution in [0.1, 0.15) is 29.6 Å². The highest BCUT2D eigenvalue weighted by atomic mass is 32.1. The number of aryl methyl sites for hydroxylation is 1. The summed E-state index contributed by atoms with van der Waals surface area (Å²) in [5.41, 5.74) is 13.4. The molecule has 0 radical (unpaired) electrons. The van der Waals surface area contributed by atoms with Gasteiger partial charge >= 0.3 is 0 Å². The molecule has 4 heteroatoms. The van der Waals surface area contributed by atoms with Crippen molar-refractivity contribution in [3.05, 3.63) is 70.9 Å². The number of aromatic nitrogens is 2. The Kier molecular flexibility index (Phi) is 4.10. The quantitative estimate of drug-likeness (QED) is 0.528. The van der Waals surface area contributed by atoms with Crippen molar-refractivity contribution in [3.63, 3.8) is 0 Å². The third-order valence-electron chi connectivity index (χ3n) is 5.61. The zero-order valence-electron chi connectivity index (χ0n) is 15.5. The molecule has 2 aromatic heterocycles. The first-order valence-corrected chi connectivity index (χ1v) is 10.4. The van der Waals surface area contributed by atoms with Gasteiger partial charge in [-0.05, 0) is 36.3 Å². The van der Waals surface area contributed by atoms with Gasteiger partial charge in [-0.25, -0.2) is 4.98 Å². The van der Waals surface area contributed by atoms with Gasteiger partial charge in [0.25, 0.3) is 0 Å². The molecule has 0 saturated carbocycles. The van der Waals surface area contributed by atoms with E-state index in [0.717, 1.165) is 34.3 Å². The molecule has 0 bridgehead atoms. The van der Waals surface area contributed by atoms with Gasteiger partial charge in [-0.2, -0.15) is 0 Å². The summed E-state index contributed by atoms with van der Waals surface area (Å²) in [6, 6.07) is 19.2. The topological polar surface area (TPSA) is 43.3 Å². The summed E-state index contributed by atoms with van der Waals surface area (Å²) in [4.78, 5) is 7.58. The molecule has 1 unspecified atom stereocenters. The Bertz CT molecular complexity index is 1090. The second-order valence-electron chi connectivity index (χ2n) is 7.49. The number of nitrogens with two attached hydrogens (primary N) is 1. The third-order valence-corrected chi connectivity index (χ3v) is 6.72. The molecule has 2 heterocycles. The number of hydrogen-bond acceptors (Lipinski definition) is 3. The molecular weight excluding hydrogens is 350 g/mol. The summed E-state index contributed by atoms with van der Waals surface area (Å²) in [5, 5.41) is 0. The lowest BCUT2D eigenvalue weighted by molar-refractivity contribution is 0.498. The summed E-state index contributed by atoms with van der Waals surface area (Å²) in [7, 11) is 0. The first-order valence-electron chi connectivity index (χ1n) is 9.62. The lowest BCUT2D eigenvalue weighted by Gasteiger charge is -2.18. The summed E-state index contributed by atoms with van der Waals surface area (Å²) in [6.45, 7) is 2.85. The highest BCUT2D eigenvalue weighted by Crippen LogP contribution is 2.36. The molecule has 136 valence electrons. The molecule has 5 rings (SSSR count). The van der Waals surface area contributed by atoms with Crippen molar-refractivity contribution in [1.29, 1.82) is 0 Å². The fraction of sp³-hybridized carbons (Fsp3) is 0.261. The van der Waals surface area contributed by atoms with Gasteiger partial charge in [0.2, 0.25) is 0 Å². The van der Waals surface area contributed by atoms with E-state index in [9.17, 15) is 0 Å². The number of thiazole rings is 1. The van der Waals surface area contributed by atoms with Crippen LogP contribution in [0.2, 0.25) is 0 Å². The second-order valence-corrected chi connectivity index (χ2v) is 8.55. The van der Waals surface area contributed by atoms with Gasteiger partial charge in [0.1, 0.15) is 0 Å². The normalized spacial score (nSPS) is 16.6. The number of hydrogen-bond donors (Lipinski definition) is 1. The van der Waals surface area contributed by atoms with Gasteiger partial charge < -0.3 is 5.73 Å². The SMILES string of the molecule is CC1CCc2c(sc3nc(-c4ccc(-c5ccccc5)cc4)c(CN)n23)C1. The molecule has 1 aliphatic carbocycles. The Morgan fingerprint density at radius 2 is 1.74 bits per heavy atom. The minimum absolute atomic E-state index is 0.510. The van der Waals surface area contributed by atoms with E-state index in [1.165, 1.54) is 34.5 Å². The van der Waals surface area contributed by atoms with E-state index in [4.69, 9.17) is 10.7 Å². The number of imidazole rings is 1. The van der Waals surface area contributed by atoms with Crippen LogP contribution >= 0.6 is 11.3 Å². The van der Waals surface area contributed by atoms with E-state index < -0.39 is 0 Å². The van der Waals surface area contributed by atoms with Gasteiger partial charge in [0, 0.05) is 22.7 Å². The number of rotatable bonds is 3. The highest BCUT2D eigenvalue weighted by Gasteiger charge is 2.24. The standard InChI is InChI=1S/C23H23N3S/c1-15-7-12-19-21(13-15)27-23-25-22(20(14-24)26(19)23)18-10-8-17(9-11-18)16-5-3-2-4-6-16/h2-6,8-11,15H,7,12-14,24H2,1H3. The second kappa shape index (κ2) is 6.63. The van der Waals surface area contributed by atoms with Crippen LogP contribution in [0.4, 0.5) is 0 Å². The summed E-state index contributed by atoms with van der Waals surface area (Å²) in [6.07, 6.45) is 3.56.